The molecule has 0 aliphatic carbocycles. The molecule has 0 unspecified atom stereocenters. The number of nitrogens with one attached hydrogen (secondary N) is 1. The molecule has 1 fully saturated rings. The maximum Gasteiger partial charge on any atom is 0.228 e. The lowest BCUT2D eigenvalue weighted by Crippen LogP contribution is -2.46. The van der Waals surface area contributed by atoms with Gasteiger partial charge in [0.1, 0.15) is 10.6 Å². The molecule has 7 heteroatoms. The summed E-state index contributed by atoms with van der Waals surface area (Å²) in [7, 11) is 1.88. The molecule has 0 saturated carbocycles. The average Bonchev–Trinajstić information content (AvgIpc) is 2.86. The van der Waals surface area contributed by atoms with Crippen molar-refractivity contribution in [2.45, 2.75) is 6.92 Å². The summed E-state index contributed by atoms with van der Waals surface area (Å²) in [6, 6.07) is 2.11. The predicted octanol–water partition coefficient (Wildman–Crippen LogP) is 1.32. The van der Waals surface area contributed by atoms with Gasteiger partial charge in [0, 0.05) is 38.1 Å². The maximum absolute atomic E-state index is 10.7. The first-order valence-electron chi connectivity index (χ1n) is 6.61. The number of hydrogen-bond donors (Lipinski definition) is 1. The second-order valence-electron chi connectivity index (χ2n) is 4.83. The fourth-order valence-electron chi connectivity index (χ4n) is 2.39. The van der Waals surface area contributed by atoms with Crippen LogP contribution in [0, 0.1) is 6.92 Å². The van der Waals surface area contributed by atoms with Crippen LogP contribution in [0.3, 0.4) is 0 Å². The van der Waals surface area contributed by atoms with E-state index in [4.69, 9.17) is 0 Å². The number of amides is 1. The van der Waals surface area contributed by atoms with Crippen LogP contribution in [-0.2, 0) is 4.79 Å². The molecule has 3 heterocycles. The van der Waals surface area contributed by atoms with Crippen molar-refractivity contribution < 1.29 is 4.79 Å². The second kappa shape index (κ2) is 5.24. The zero-order valence-corrected chi connectivity index (χ0v) is 12.4. The number of carbonyl (C=O) groups is 1. The Morgan fingerprint density at radius 2 is 2.05 bits per heavy atom. The van der Waals surface area contributed by atoms with Crippen LogP contribution < -0.4 is 10.2 Å². The third-order valence-corrected chi connectivity index (χ3v) is 4.43. The summed E-state index contributed by atoms with van der Waals surface area (Å²) >= 11 is 1.68. The first-order chi connectivity index (χ1) is 9.71. The van der Waals surface area contributed by atoms with Gasteiger partial charge in [-0.25, -0.2) is 4.98 Å². The summed E-state index contributed by atoms with van der Waals surface area (Å²) in [5, 5.41) is 4.22. The molecule has 20 heavy (non-hydrogen) atoms. The Kier molecular flexibility index (Phi) is 3.43. The quantitative estimate of drug-likeness (QED) is 0.864. The van der Waals surface area contributed by atoms with Gasteiger partial charge in [0.05, 0.1) is 5.39 Å². The van der Waals surface area contributed by atoms with Crippen molar-refractivity contribution in [3.05, 3.63) is 10.9 Å². The van der Waals surface area contributed by atoms with E-state index in [0.29, 0.717) is 0 Å². The molecule has 3 rings (SSSR count). The van der Waals surface area contributed by atoms with Crippen molar-refractivity contribution in [1.29, 1.82) is 0 Å². The molecule has 0 atom stereocenters. The fourth-order valence-corrected chi connectivity index (χ4v) is 3.26. The number of aromatic nitrogens is 2. The van der Waals surface area contributed by atoms with E-state index in [0.717, 1.165) is 54.6 Å². The highest BCUT2D eigenvalue weighted by atomic mass is 32.1. The van der Waals surface area contributed by atoms with Crippen molar-refractivity contribution in [3.8, 4) is 0 Å². The third kappa shape index (κ3) is 2.29. The highest BCUT2D eigenvalue weighted by molar-refractivity contribution is 7.18. The van der Waals surface area contributed by atoms with Crippen molar-refractivity contribution in [3.63, 3.8) is 0 Å². The Morgan fingerprint density at radius 3 is 2.70 bits per heavy atom. The van der Waals surface area contributed by atoms with E-state index in [1.165, 1.54) is 4.88 Å². The van der Waals surface area contributed by atoms with E-state index in [1.807, 2.05) is 7.05 Å². The number of rotatable bonds is 3. The lowest BCUT2D eigenvalue weighted by atomic mass is 10.3. The standard InChI is InChI=1S/C13H17N5OS/c1-9-7-10-11(14-2)15-13(16-12(10)20-9)18-5-3-17(8-19)4-6-18/h7-8H,3-6H2,1-2H3,(H,14,15,16). The molecule has 1 amide bonds. The van der Waals surface area contributed by atoms with Gasteiger partial charge in [-0.05, 0) is 13.0 Å². The minimum absolute atomic E-state index is 0.725. The van der Waals surface area contributed by atoms with Crippen LogP contribution in [-0.4, -0.2) is 54.5 Å². The van der Waals surface area contributed by atoms with Gasteiger partial charge in [0.15, 0.2) is 0 Å². The zero-order chi connectivity index (χ0) is 14.1. The van der Waals surface area contributed by atoms with E-state index < -0.39 is 0 Å². The summed E-state index contributed by atoms with van der Waals surface area (Å²) < 4.78 is 0. The second-order valence-corrected chi connectivity index (χ2v) is 6.06. The molecule has 0 bridgehead atoms. The highest BCUT2D eigenvalue weighted by Crippen LogP contribution is 2.30. The predicted molar refractivity (Wildman–Crippen MR) is 81.5 cm³/mol. The SMILES string of the molecule is CNc1nc(N2CCN(C=O)CC2)nc2sc(C)cc12. The van der Waals surface area contributed by atoms with Gasteiger partial charge in [0.25, 0.3) is 0 Å². The topological polar surface area (TPSA) is 61.4 Å². The van der Waals surface area contributed by atoms with Gasteiger partial charge in [-0.15, -0.1) is 11.3 Å². The van der Waals surface area contributed by atoms with E-state index in [-0.39, 0.29) is 0 Å². The van der Waals surface area contributed by atoms with Crippen LogP contribution >= 0.6 is 11.3 Å². The Labute approximate surface area is 121 Å². The number of piperazine rings is 1. The Balaban J connectivity index is 1.93. The summed E-state index contributed by atoms with van der Waals surface area (Å²) in [5.74, 6) is 1.61. The van der Waals surface area contributed by atoms with Gasteiger partial charge in [0.2, 0.25) is 12.4 Å². The molecule has 0 radical (unpaired) electrons. The monoisotopic (exact) mass is 291 g/mol. The van der Waals surface area contributed by atoms with E-state index in [1.54, 1.807) is 16.2 Å². The van der Waals surface area contributed by atoms with Crippen molar-refractivity contribution in [2.75, 3.05) is 43.4 Å². The lowest BCUT2D eigenvalue weighted by molar-refractivity contribution is -0.118. The molecule has 1 saturated heterocycles. The van der Waals surface area contributed by atoms with Crippen LogP contribution in [0.1, 0.15) is 4.88 Å². The fraction of sp³-hybridized carbons (Fsp3) is 0.462. The molecular weight excluding hydrogens is 274 g/mol. The number of thiophene rings is 1. The Hall–Kier alpha value is -1.89. The van der Waals surface area contributed by atoms with E-state index in [9.17, 15) is 4.79 Å². The van der Waals surface area contributed by atoms with Crippen LogP contribution in [0.5, 0.6) is 0 Å². The minimum Gasteiger partial charge on any atom is -0.372 e. The van der Waals surface area contributed by atoms with E-state index in [2.05, 4.69) is 33.2 Å². The highest BCUT2D eigenvalue weighted by Gasteiger charge is 2.19. The number of carbonyl (C=O) groups excluding carboxylic acids is 1. The molecular formula is C13H17N5OS. The summed E-state index contributed by atoms with van der Waals surface area (Å²) in [6.45, 7) is 5.08. The summed E-state index contributed by atoms with van der Waals surface area (Å²) in [4.78, 5) is 26.2. The van der Waals surface area contributed by atoms with Crippen molar-refractivity contribution >= 4 is 39.7 Å². The molecule has 2 aromatic heterocycles. The lowest BCUT2D eigenvalue weighted by Gasteiger charge is -2.32. The molecule has 106 valence electrons. The smallest absolute Gasteiger partial charge is 0.228 e. The number of aryl methyl sites for hydroxylation is 1. The van der Waals surface area contributed by atoms with Gasteiger partial charge in [-0.1, -0.05) is 0 Å². The largest absolute Gasteiger partial charge is 0.372 e. The average molecular weight is 291 g/mol. The molecule has 0 spiro atoms. The molecule has 1 aliphatic heterocycles. The normalized spacial score (nSPS) is 15.7. The third-order valence-electron chi connectivity index (χ3n) is 3.49. The molecule has 6 nitrogen and oxygen atoms in total. The molecule has 1 N–H and O–H groups in total. The maximum atomic E-state index is 10.7. The van der Waals surface area contributed by atoms with Gasteiger partial charge in [-0.3, -0.25) is 4.79 Å². The van der Waals surface area contributed by atoms with Gasteiger partial charge < -0.3 is 15.1 Å². The molecule has 1 aliphatic rings. The number of hydrogen-bond acceptors (Lipinski definition) is 6. The van der Waals surface area contributed by atoms with Crippen LogP contribution in [0.15, 0.2) is 6.07 Å². The summed E-state index contributed by atoms with van der Waals surface area (Å²) in [6.07, 6.45) is 0.906. The van der Waals surface area contributed by atoms with Crippen molar-refractivity contribution in [2.24, 2.45) is 0 Å². The van der Waals surface area contributed by atoms with Crippen LogP contribution in [0.25, 0.3) is 10.2 Å². The Bertz CT molecular complexity index is 633. The molecule has 0 aromatic carbocycles. The number of nitrogens with zero attached hydrogens (tertiary/aromatic N) is 4. The first-order valence-corrected chi connectivity index (χ1v) is 7.43. The molecule has 2 aromatic rings. The van der Waals surface area contributed by atoms with Gasteiger partial charge in [-0.2, -0.15) is 4.98 Å². The van der Waals surface area contributed by atoms with Crippen LogP contribution in [0.2, 0.25) is 0 Å². The first kappa shape index (κ1) is 13.1. The number of anilines is 2. The zero-order valence-electron chi connectivity index (χ0n) is 11.6. The van der Waals surface area contributed by atoms with Crippen LogP contribution in [0.4, 0.5) is 11.8 Å². The summed E-state index contributed by atoms with van der Waals surface area (Å²) in [5.41, 5.74) is 0. The van der Waals surface area contributed by atoms with Gasteiger partial charge >= 0.3 is 0 Å². The minimum atomic E-state index is 0.725. The van der Waals surface area contributed by atoms with E-state index >= 15 is 0 Å². The number of fused-ring (bicyclic) bond motifs is 1. The Morgan fingerprint density at radius 1 is 1.30 bits per heavy atom. The van der Waals surface area contributed by atoms with Crippen molar-refractivity contribution in [1.82, 2.24) is 14.9 Å².